The predicted octanol–water partition coefficient (Wildman–Crippen LogP) is 2.35. The van der Waals surface area contributed by atoms with Crippen LogP contribution in [0.4, 0.5) is 5.69 Å². The molecule has 0 saturated heterocycles. The second-order valence-corrected chi connectivity index (χ2v) is 4.59. The van der Waals surface area contributed by atoms with Crippen molar-refractivity contribution in [1.29, 1.82) is 0 Å². The molecule has 0 fully saturated rings. The minimum Gasteiger partial charge on any atom is -0.465 e. The number of nitrogens with two attached hydrogens (primary N) is 1. The van der Waals surface area contributed by atoms with E-state index in [0.717, 1.165) is 5.56 Å². The van der Waals surface area contributed by atoms with Gasteiger partial charge < -0.3 is 10.5 Å². The smallest absolute Gasteiger partial charge is 0.337 e. The van der Waals surface area contributed by atoms with Crippen LogP contribution in [0, 0.1) is 0 Å². The van der Waals surface area contributed by atoms with E-state index in [0.29, 0.717) is 11.3 Å². The fourth-order valence-corrected chi connectivity index (χ4v) is 1.32. The topological polar surface area (TPSA) is 52.3 Å². The molecule has 0 aliphatic heterocycles. The van der Waals surface area contributed by atoms with Crippen LogP contribution in [-0.2, 0) is 10.2 Å². The van der Waals surface area contributed by atoms with Crippen LogP contribution in [-0.4, -0.2) is 13.1 Å². The molecule has 15 heavy (non-hydrogen) atoms. The van der Waals surface area contributed by atoms with E-state index in [4.69, 9.17) is 5.73 Å². The lowest BCUT2D eigenvalue weighted by Crippen LogP contribution is -2.13. The number of methoxy groups -OCH3 is 1. The normalized spacial score (nSPS) is 11.2. The highest BCUT2D eigenvalue weighted by Gasteiger charge is 2.17. The van der Waals surface area contributed by atoms with Crippen molar-refractivity contribution in [2.75, 3.05) is 12.8 Å². The first-order chi connectivity index (χ1) is 6.84. The number of carbonyl (C=O) groups is 1. The minimum atomic E-state index is -0.354. The zero-order chi connectivity index (χ0) is 11.6. The summed E-state index contributed by atoms with van der Waals surface area (Å²) in [6, 6.07) is 5.33. The Hall–Kier alpha value is -1.51. The third-order valence-corrected chi connectivity index (χ3v) is 2.24. The Morgan fingerprint density at radius 1 is 1.27 bits per heavy atom. The summed E-state index contributed by atoms with van der Waals surface area (Å²) in [5.74, 6) is -0.354. The second-order valence-electron chi connectivity index (χ2n) is 4.59. The van der Waals surface area contributed by atoms with Crippen molar-refractivity contribution in [2.24, 2.45) is 0 Å². The maximum atomic E-state index is 11.4. The van der Waals surface area contributed by atoms with E-state index in [9.17, 15) is 4.79 Å². The summed E-state index contributed by atoms with van der Waals surface area (Å²) in [7, 11) is 1.36. The van der Waals surface area contributed by atoms with Gasteiger partial charge >= 0.3 is 5.97 Å². The van der Waals surface area contributed by atoms with Crippen LogP contribution in [0.15, 0.2) is 18.2 Å². The molecular formula is C12H17NO2. The zero-order valence-corrected chi connectivity index (χ0v) is 9.63. The number of nitrogen functional groups attached to an aromatic ring is 1. The quantitative estimate of drug-likeness (QED) is 0.568. The monoisotopic (exact) mass is 207 g/mol. The Morgan fingerprint density at radius 2 is 1.87 bits per heavy atom. The Balaban J connectivity index is 3.23. The fraction of sp³-hybridized carbons (Fsp3) is 0.417. The lowest BCUT2D eigenvalue weighted by molar-refractivity contribution is 0.0600. The molecule has 0 radical (unpaired) electrons. The fourth-order valence-electron chi connectivity index (χ4n) is 1.32. The van der Waals surface area contributed by atoms with E-state index in [2.05, 4.69) is 25.5 Å². The van der Waals surface area contributed by atoms with Gasteiger partial charge in [0.1, 0.15) is 0 Å². The molecule has 0 saturated carbocycles. The van der Waals surface area contributed by atoms with Crippen molar-refractivity contribution in [3.63, 3.8) is 0 Å². The highest BCUT2D eigenvalue weighted by molar-refractivity contribution is 5.90. The minimum absolute atomic E-state index is 0.0296. The molecule has 0 aromatic heterocycles. The molecule has 0 spiro atoms. The zero-order valence-electron chi connectivity index (χ0n) is 9.63. The van der Waals surface area contributed by atoms with Gasteiger partial charge in [-0.2, -0.15) is 0 Å². The molecule has 3 heteroatoms. The van der Waals surface area contributed by atoms with Crippen molar-refractivity contribution >= 4 is 11.7 Å². The predicted molar refractivity (Wildman–Crippen MR) is 60.9 cm³/mol. The van der Waals surface area contributed by atoms with Gasteiger partial charge in [-0.25, -0.2) is 4.79 Å². The van der Waals surface area contributed by atoms with E-state index in [1.165, 1.54) is 7.11 Å². The Morgan fingerprint density at radius 3 is 2.33 bits per heavy atom. The molecule has 0 unspecified atom stereocenters. The summed E-state index contributed by atoms with van der Waals surface area (Å²) in [5, 5.41) is 0. The number of rotatable bonds is 1. The highest BCUT2D eigenvalue weighted by Crippen LogP contribution is 2.25. The number of benzene rings is 1. The van der Waals surface area contributed by atoms with E-state index in [1.807, 2.05) is 12.1 Å². The largest absolute Gasteiger partial charge is 0.465 e. The maximum absolute atomic E-state index is 11.4. The molecule has 2 N–H and O–H groups in total. The molecule has 1 aromatic rings. The summed E-state index contributed by atoms with van der Waals surface area (Å²) in [6.45, 7) is 6.22. The number of carbonyl (C=O) groups excluding carboxylic acids is 1. The average Bonchev–Trinajstić information content (AvgIpc) is 2.14. The first-order valence-corrected chi connectivity index (χ1v) is 4.84. The third-order valence-electron chi connectivity index (χ3n) is 2.24. The number of hydrogen-bond acceptors (Lipinski definition) is 3. The molecule has 0 bridgehead atoms. The summed E-state index contributed by atoms with van der Waals surface area (Å²) in [6.07, 6.45) is 0. The Bertz CT molecular complexity index is 378. The molecule has 1 aromatic carbocycles. The van der Waals surface area contributed by atoms with Gasteiger partial charge in [-0.1, -0.05) is 20.8 Å². The summed E-state index contributed by atoms with van der Waals surface area (Å²) >= 11 is 0. The maximum Gasteiger partial charge on any atom is 0.337 e. The van der Waals surface area contributed by atoms with Gasteiger partial charge in [0.25, 0.3) is 0 Å². The summed E-state index contributed by atoms with van der Waals surface area (Å²) in [4.78, 5) is 11.4. The van der Waals surface area contributed by atoms with Crippen molar-refractivity contribution in [3.8, 4) is 0 Å². The van der Waals surface area contributed by atoms with Crippen LogP contribution in [0.5, 0.6) is 0 Å². The van der Waals surface area contributed by atoms with Crippen molar-refractivity contribution in [3.05, 3.63) is 29.3 Å². The van der Waals surface area contributed by atoms with Crippen LogP contribution >= 0.6 is 0 Å². The molecule has 82 valence electrons. The number of ether oxygens (including phenoxy) is 1. The van der Waals surface area contributed by atoms with Crippen LogP contribution < -0.4 is 5.73 Å². The summed E-state index contributed by atoms with van der Waals surface area (Å²) < 4.78 is 4.66. The lowest BCUT2D eigenvalue weighted by atomic mass is 9.86. The third kappa shape index (κ3) is 2.72. The van der Waals surface area contributed by atoms with Gasteiger partial charge in [-0.05, 0) is 29.2 Å². The van der Waals surface area contributed by atoms with Gasteiger partial charge in [-0.3, -0.25) is 0 Å². The highest BCUT2D eigenvalue weighted by atomic mass is 16.5. The lowest BCUT2D eigenvalue weighted by Gasteiger charge is -2.20. The summed E-state index contributed by atoms with van der Waals surface area (Å²) in [5.41, 5.74) is 7.83. The Labute approximate surface area is 90.2 Å². The molecule has 1 rings (SSSR count). The second kappa shape index (κ2) is 3.93. The van der Waals surface area contributed by atoms with Gasteiger partial charge in [0, 0.05) is 5.69 Å². The van der Waals surface area contributed by atoms with Gasteiger partial charge in [0.2, 0.25) is 0 Å². The van der Waals surface area contributed by atoms with Gasteiger partial charge in [0.05, 0.1) is 12.7 Å². The number of esters is 1. The first-order valence-electron chi connectivity index (χ1n) is 4.84. The van der Waals surface area contributed by atoms with Crippen LogP contribution in [0.2, 0.25) is 0 Å². The molecule has 0 aliphatic carbocycles. The average molecular weight is 207 g/mol. The molecule has 3 nitrogen and oxygen atoms in total. The SMILES string of the molecule is COC(=O)c1cc(N)cc(C(C)(C)C)c1. The van der Waals surface area contributed by atoms with E-state index >= 15 is 0 Å². The molecular weight excluding hydrogens is 190 g/mol. The standard InChI is InChI=1S/C12H17NO2/c1-12(2,3)9-5-8(11(14)15-4)6-10(13)7-9/h5-7H,13H2,1-4H3. The molecule has 0 amide bonds. The van der Waals surface area contributed by atoms with Crippen molar-refractivity contribution in [1.82, 2.24) is 0 Å². The van der Waals surface area contributed by atoms with Gasteiger partial charge in [0.15, 0.2) is 0 Å². The van der Waals surface area contributed by atoms with Crippen LogP contribution in [0.1, 0.15) is 36.7 Å². The number of anilines is 1. The molecule has 0 heterocycles. The van der Waals surface area contributed by atoms with E-state index in [-0.39, 0.29) is 11.4 Å². The van der Waals surface area contributed by atoms with Crippen molar-refractivity contribution < 1.29 is 9.53 Å². The van der Waals surface area contributed by atoms with E-state index in [1.54, 1.807) is 6.07 Å². The first kappa shape index (κ1) is 11.6. The molecule has 0 aliphatic rings. The molecule has 0 atom stereocenters. The van der Waals surface area contributed by atoms with Crippen LogP contribution in [0.3, 0.4) is 0 Å². The van der Waals surface area contributed by atoms with Gasteiger partial charge in [-0.15, -0.1) is 0 Å². The van der Waals surface area contributed by atoms with Crippen molar-refractivity contribution in [2.45, 2.75) is 26.2 Å². The number of hydrogen-bond donors (Lipinski definition) is 1. The van der Waals surface area contributed by atoms with E-state index < -0.39 is 0 Å². The Kier molecular flexibility index (Phi) is 3.03. The van der Waals surface area contributed by atoms with Crippen LogP contribution in [0.25, 0.3) is 0 Å².